The molecule has 0 bridgehead atoms. The summed E-state index contributed by atoms with van der Waals surface area (Å²) >= 11 is 0. The summed E-state index contributed by atoms with van der Waals surface area (Å²) in [5.41, 5.74) is 7.46. The highest BCUT2D eigenvalue weighted by atomic mass is 127. The van der Waals surface area contributed by atoms with Gasteiger partial charge in [-0.1, -0.05) is 26.0 Å². The molecule has 120 valence electrons. The highest BCUT2D eigenvalue weighted by molar-refractivity contribution is 14.0. The maximum absolute atomic E-state index is 12.0. The number of benzene rings is 1. The lowest BCUT2D eigenvalue weighted by Crippen LogP contribution is -2.23. The number of alkyl halides is 3. The minimum absolute atomic E-state index is 0. The Morgan fingerprint density at radius 2 is 1.86 bits per heavy atom. The molecule has 0 aliphatic rings. The minimum atomic E-state index is -4.21. The topological polar surface area (TPSA) is 50.4 Å². The molecule has 0 aliphatic carbocycles. The van der Waals surface area contributed by atoms with E-state index < -0.39 is 12.6 Å². The summed E-state index contributed by atoms with van der Waals surface area (Å²) in [5, 5.41) is 2.77. The van der Waals surface area contributed by atoms with E-state index in [2.05, 4.69) is 24.2 Å². The monoisotopic (exact) mass is 415 g/mol. The van der Waals surface area contributed by atoms with Crippen LogP contribution in [-0.4, -0.2) is 18.7 Å². The molecule has 0 spiro atoms. The van der Waals surface area contributed by atoms with E-state index in [4.69, 9.17) is 5.73 Å². The zero-order valence-corrected chi connectivity index (χ0v) is 14.4. The Labute approximate surface area is 140 Å². The van der Waals surface area contributed by atoms with Gasteiger partial charge in [-0.05, 0) is 30.0 Å². The fourth-order valence-corrected chi connectivity index (χ4v) is 1.62. The second-order valence-corrected chi connectivity index (χ2v) is 4.69. The van der Waals surface area contributed by atoms with Crippen molar-refractivity contribution in [1.82, 2.24) is 0 Å². The third kappa shape index (κ3) is 8.13. The summed E-state index contributed by atoms with van der Waals surface area (Å²) in [6.45, 7) is 3.88. The fraction of sp³-hybridized carbons (Fsp3) is 0.500. The normalized spacial score (nSPS) is 13.5. The summed E-state index contributed by atoms with van der Waals surface area (Å²) in [5.74, 6) is 0.465. The van der Waals surface area contributed by atoms with Gasteiger partial charge < -0.3 is 11.1 Å². The van der Waals surface area contributed by atoms with Gasteiger partial charge >= 0.3 is 6.18 Å². The average Bonchev–Trinajstić information content (AvgIpc) is 2.37. The Balaban J connectivity index is 0.00000400. The van der Waals surface area contributed by atoms with Gasteiger partial charge in [-0.3, -0.25) is 4.99 Å². The van der Waals surface area contributed by atoms with Crippen molar-refractivity contribution in [3.05, 3.63) is 29.8 Å². The molecule has 0 amide bonds. The van der Waals surface area contributed by atoms with Crippen LogP contribution in [0.5, 0.6) is 0 Å². The molecule has 3 nitrogen and oxygen atoms in total. The van der Waals surface area contributed by atoms with Gasteiger partial charge in [-0.15, -0.1) is 24.0 Å². The SMILES string of the molecule is CCC(C)c1ccc(NC(N)=NCCC(F)(F)F)cc1.I. The van der Waals surface area contributed by atoms with Crippen LogP contribution >= 0.6 is 24.0 Å². The van der Waals surface area contributed by atoms with Gasteiger partial charge in [-0.25, -0.2) is 0 Å². The molecule has 0 radical (unpaired) electrons. The lowest BCUT2D eigenvalue weighted by atomic mass is 9.99. The van der Waals surface area contributed by atoms with Gasteiger partial charge in [0.05, 0.1) is 13.0 Å². The van der Waals surface area contributed by atoms with Crippen molar-refractivity contribution in [2.75, 3.05) is 11.9 Å². The molecule has 1 rings (SSSR count). The van der Waals surface area contributed by atoms with E-state index in [1.807, 2.05) is 24.3 Å². The van der Waals surface area contributed by atoms with Gasteiger partial charge in [-0.2, -0.15) is 13.2 Å². The first-order chi connectivity index (χ1) is 9.31. The van der Waals surface area contributed by atoms with E-state index in [0.717, 1.165) is 6.42 Å². The number of hydrogen-bond donors (Lipinski definition) is 2. The summed E-state index contributed by atoms with van der Waals surface area (Å²) in [6.07, 6.45) is -4.13. The molecule has 1 aromatic carbocycles. The van der Waals surface area contributed by atoms with Crippen molar-refractivity contribution in [2.24, 2.45) is 10.7 Å². The van der Waals surface area contributed by atoms with E-state index in [1.54, 1.807) is 0 Å². The molecule has 0 aromatic heterocycles. The summed E-state index contributed by atoms with van der Waals surface area (Å²) in [7, 11) is 0. The molecule has 0 fully saturated rings. The molecule has 7 heteroatoms. The van der Waals surface area contributed by atoms with Crippen molar-refractivity contribution < 1.29 is 13.2 Å². The third-order valence-corrected chi connectivity index (χ3v) is 3.04. The third-order valence-electron chi connectivity index (χ3n) is 3.04. The van der Waals surface area contributed by atoms with Crippen LogP contribution in [-0.2, 0) is 0 Å². The molecular weight excluding hydrogens is 394 g/mol. The molecule has 0 saturated heterocycles. The fourth-order valence-electron chi connectivity index (χ4n) is 1.62. The molecule has 1 aromatic rings. The summed E-state index contributed by atoms with van der Waals surface area (Å²) in [4.78, 5) is 3.64. The summed E-state index contributed by atoms with van der Waals surface area (Å²) in [6, 6.07) is 7.63. The number of hydrogen-bond acceptors (Lipinski definition) is 1. The Morgan fingerprint density at radius 3 is 2.33 bits per heavy atom. The van der Waals surface area contributed by atoms with Crippen molar-refractivity contribution in [3.8, 4) is 0 Å². The standard InChI is InChI=1S/C14H20F3N3.HI/c1-3-10(2)11-4-6-12(7-5-11)20-13(18)19-9-8-14(15,16)17;/h4-7,10H,3,8-9H2,1-2H3,(H3,18,19,20);1H. The van der Waals surface area contributed by atoms with E-state index in [1.165, 1.54) is 5.56 Å². The molecule has 3 N–H and O–H groups in total. The van der Waals surface area contributed by atoms with Gasteiger partial charge in [0.25, 0.3) is 0 Å². The maximum Gasteiger partial charge on any atom is 0.390 e. The second kappa shape index (κ2) is 9.11. The predicted molar refractivity (Wildman–Crippen MR) is 91.3 cm³/mol. The quantitative estimate of drug-likeness (QED) is 0.423. The van der Waals surface area contributed by atoms with Gasteiger partial charge in [0, 0.05) is 5.69 Å². The highest BCUT2D eigenvalue weighted by Crippen LogP contribution is 2.21. The van der Waals surface area contributed by atoms with Crippen LogP contribution in [0.15, 0.2) is 29.3 Å². The lowest BCUT2D eigenvalue weighted by Gasteiger charge is -2.11. The van der Waals surface area contributed by atoms with Gasteiger partial charge in [0.1, 0.15) is 0 Å². The van der Waals surface area contributed by atoms with Crippen LogP contribution in [0.2, 0.25) is 0 Å². The number of nitrogens with two attached hydrogens (primary N) is 1. The predicted octanol–water partition coefficient (Wildman–Crippen LogP) is 4.50. The Morgan fingerprint density at radius 1 is 1.29 bits per heavy atom. The number of rotatable bonds is 5. The number of nitrogens with one attached hydrogen (secondary N) is 1. The maximum atomic E-state index is 12.0. The second-order valence-electron chi connectivity index (χ2n) is 4.69. The number of halogens is 4. The molecular formula is C14H21F3IN3. The van der Waals surface area contributed by atoms with E-state index >= 15 is 0 Å². The molecule has 1 atom stereocenters. The molecule has 0 heterocycles. The number of guanidine groups is 1. The molecule has 1 unspecified atom stereocenters. The molecule has 0 aliphatic heterocycles. The smallest absolute Gasteiger partial charge is 0.370 e. The van der Waals surface area contributed by atoms with Crippen molar-refractivity contribution in [1.29, 1.82) is 0 Å². The van der Waals surface area contributed by atoms with Crippen molar-refractivity contribution in [2.45, 2.75) is 38.8 Å². The molecule has 21 heavy (non-hydrogen) atoms. The first-order valence-corrected chi connectivity index (χ1v) is 6.55. The van der Waals surface area contributed by atoms with Gasteiger partial charge in [0.15, 0.2) is 5.96 Å². The van der Waals surface area contributed by atoms with Crippen LogP contribution in [0.1, 0.15) is 38.2 Å². The first-order valence-electron chi connectivity index (χ1n) is 6.55. The van der Waals surface area contributed by atoms with Crippen molar-refractivity contribution >= 4 is 35.6 Å². The minimum Gasteiger partial charge on any atom is -0.370 e. The van der Waals surface area contributed by atoms with Crippen molar-refractivity contribution in [3.63, 3.8) is 0 Å². The van der Waals surface area contributed by atoms with E-state index in [0.29, 0.717) is 11.6 Å². The number of aliphatic imine (C=N–C) groups is 1. The van der Waals surface area contributed by atoms with Crippen LogP contribution < -0.4 is 11.1 Å². The van der Waals surface area contributed by atoms with E-state index in [9.17, 15) is 13.2 Å². The highest BCUT2D eigenvalue weighted by Gasteiger charge is 2.26. The first kappa shape index (κ1) is 20.0. The van der Waals surface area contributed by atoms with Crippen LogP contribution in [0.4, 0.5) is 18.9 Å². The lowest BCUT2D eigenvalue weighted by molar-refractivity contribution is -0.132. The molecule has 0 saturated carbocycles. The largest absolute Gasteiger partial charge is 0.390 e. The zero-order chi connectivity index (χ0) is 15.2. The Hall–Kier alpha value is -0.990. The average molecular weight is 415 g/mol. The van der Waals surface area contributed by atoms with E-state index in [-0.39, 0.29) is 36.5 Å². The summed E-state index contributed by atoms with van der Waals surface area (Å²) < 4.78 is 35.9. The van der Waals surface area contributed by atoms with Crippen LogP contribution in [0.25, 0.3) is 0 Å². The number of nitrogens with zero attached hydrogens (tertiary/aromatic N) is 1. The van der Waals surface area contributed by atoms with Crippen LogP contribution in [0.3, 0.4) is 0 Å². The Bertz CT molecular complexity index is 444. The number of anilines is 1. The van der Waals surface area contributed by atoms with Crippen LogP contribution in [0, 0.1) is 0 Å². The Kier molecular flexibility index (Phi) is 8.68. The zero-order valence-electron chi connectivity index (χ0n) is 12.1. The van der Waals surface area contributed by atoms with Gasteiger partial charge in [0.2, 0.25) is 0 Å².